The summed E-state index contributed by atoms with van der Waals surface area (Å²) in [6.07, 6.45) is 6.52. The predicted molar refractivity (Wildman–Crippen MR) is 82.3 cm³/mol. The zero-order chi connectivity index (χ0) is 16.1. The first-order valence-corrected chi connectivity index (χ1v) is 7.79. The van der Waals surface area contributed by atoms with Crippen LogP contribution in [0.5, 0.6) is 0 Å². The van der Waals surface area contributed by atoms with Gasteiger partial charge in [-0.15, -0.1) is 11.3 Å². The number of ether oxygens (including phenoxy) is 1. The Morgan fingerprint density at radius 3 is 2.59 bits per heavy atom. The van der Waals surface area contributed by atoms with Gasteiger partial charge in [0.15, 0.2) is 0 Å². The van der Waals surface area contributed by atoms with Gasteiger partial charge in [0.05, 0.1) is 12.7 Å². The highest BCUT2D eigenvalue weighted by Gasteiger charge is 2.25. The SMILES string of the molecule is COC(=O)c1c(NC(=O)/C=C/C(=O)O)sc2c1CCCCC2. The van der Waals surface area contributed by atoms with Crippen molar-refractivity contribution in [2.75, 3.05) is 12.4 Å². The molecule has 0 aromatic carbocycles. The Balaban J connectivity index is 2.32. The van der Waals surface area contributed by atoms with Crippen molar-refractivity contribution in [2.24, 2.45) is 0 Å². The number of thiophene rings is 1. The van der Waals surface area contributed by atoms with Crippen molar-refractivity contribution in [3.63, 3.8) is 0 Å². The van der Waals surface area contributed by atoms with E-state index in [-0.39, 0.29) is 0 Å². The van der Waals surface area contributed by atoms with Crippen molar-refractivity contribution in [3.8, 4) is 0 Å². The lowest BCUT2D eigenvalue weighted by Gasteiger charge is -2.05. The number of rotatable bonds is 4. The van der Waals surface area contributed by atoms with Crippen molar-refractivity contribution in [1.82, 2.24) is 0 Å². The molecule has 0 saturated heterocycles. The Morgan fingerprint density at radius 1 is 1.18 bits per heavy atom. The van der Waals surface area contributed by atoms with Gasteiger partial charge in [0.1, 0.15) is 5.00 Å². The maximum atomic E-state index is 12.0. The van der Waals surface area contributed by atoms with E-state index in [9.17, 15) is 14.4 Å². The molecule has 0 atom stereocenters. The number of carbonyl (C=O) groups excluding carboxylic acids is 2. The Bertz CT molecular complexity index is 632. The second kappa shape index (κ2) is 7.22. The van der Waals surface area contributed by atoms with Crippen molar-refractivity contribution in [1.29, 1.82) is 0 Å². The minimum Gasteiger partial charge on any atom is -0.478 e. The van der Waals surface area contributed by atoms with Crippen LogP contribution in [0.4, 0.5) is 5.00 Å². The van der Waals surface area contributed by atoms with Crippen molar-refractivity contribution in [3.05, 3.63) is 28.2 Å². The molecular formula is C15H17NO5S. The number of carboxylic acid groups (broad SMARTS) is 1. The molecule has 0 spiro atoms. The smallest absolute Gasteiger partial charge is 0.341 e. The topological polar surface area (TPSA) is 92.7 Å². The second-order valence-corrected chi connectivity index (χ2v) is 6.03. The minimum absolute atomic E-state index is 0.404. The van der Waals surface area contributed by atoms with Gasteiger partial charge in [-0.1, -0.05) is 6.42 Å². The highest BCUT2D eigenvalue weighted by Crippen LogP contribution is 2.37. The van der Waals surface area contributed by atoms with Crippen LogP contribution in [0.3, 0.4) is 0 Å². The van der Waals surface area contributed by atoms with Crippen LogP contribution >= 0.6 is 11.3 Å². The number of amides is 1. The molecule has 0 fully saturated rings. The zero-order valence-corrected chi connectivity index (χ0v) is 13.0. The van der Waals surface area contributed by atoms with E-state index in [4.69, 9.17) is 9.84 Å². The fraction of sp³-hybridized carbons (Fsp3) is 0.400. The van der Waals surface area contributed by atoms with Crippen molar-refractivity contribution in [2.45, 2.75) is 32.1 Å². The number of aliphatic carboxylic acids is 1. The first kappa shape index (κ1) is 16.2. The molecule has 1 aromatic rings. The van der Waals surface area contributed by atoms with Gasteiger partial charge in [0.25, 0.3) is 0 Å². The maximum Gasteiger partial charge on any atom is 0.341 e. The van der Waals surface area contributed by atoms with Gasteiger partial charge in [-0.25, -0.2) is 9.59 Å². The lowest BCUT2D eigenvalue weighted by Crippen LogP contribution is -2.12. The van der Waals surface area contributed by atoms with Crippen LogP contribution in [0.25, 0.3) is 0 Å². The number of carboxylic acids is 1. The molecule has 7 heteroatoms. The van der Waals surface area contributed by atoms with Crippen LogP contribution in [-0.2, 0) is 27.2 Å². The number of nitrogens with one attached hydrogen (secondary N) is 1. The van der Waals surface area contributed by atoms with Gasteiger partial charge < -0.3 is 15.2 Å². The lowest BCUT2D eigenvalue weighted by molar-refractivity contribution is -0.131. The Kier molecular flexibility index (Phi) is 5.32. The van der Waals surface area contributed by atoms with Crippen LogP contribution in [0, 0.1) is 0 Å². The van der Waals surface area contributed by atoms with Crippen molar-refractivity contribution < 1.29 is 24.2 Å². The number of hydrogen-bond donors (Lipinski definition) is 2. The summed E-state index contributed by atoms with van der Waals surface area (Å²) in [6.45, 7) is 0. The molecule has 1 aromatic heterocycles. The first-order valence-electron chi connectivity index (χ1n) is 6.97. The van der Waals surface area contributed by atoms with E-state index in [0.29, 0.717) is 10.6 Å². The summed E-state index contributed by atoms with van der Waals surface area (Å²) >= 11 is 1.37. The molecule has 2 N–H and O–H groups in total. The Morgan fingerprint density at radius 2 is 1.91 bits per heavy atom. The van der Waals surface area contributed by atoms with Crippen LogP contribution in [0.15, 0.2) is 12.2 Å². The molecule has 2 rings (SSSR count). The third-order valence-corrected chi connectivity index (χ3v) is 4.63. The molecule has 0 aliphatic heterocycles. The molecule has 1 aliphatic carbocycles. The highest BCUT2D eigenvalue weighted by molar-refractivity contribution is 7.17. The van der Waals surface area contributed by atoms with E-state index in [2.05, 4.69) is 5.32 Å². The van der Waals surface area contributed by atoms with E-state index in [1.807, 2.05) is 0 Å². The molecule has 6 nitrogen and oxygen atoms in total. The largest absolute Gasteiger partial charge is 0.478 e. The number of carbonyl (C=O) groups is 3. The average Bonchev–Trinajstić information content (AvgIpc) is 2.66. The third kappa shape index (κ3) is 3.73. The fourth-order valence-corrected chi connectivity index (χ4v) is 3.73. The van der Waals surface area contributed by atoms with Crippen molar-refractivity contribution >= 4 is 34.2 Å². The summed E-state index contributed by atoms with van der Waals surface area (Å²) < 4.78 is 4.83. The molecule has 1 heterocycles. The highest BCUT2D eigenvalue weighted by atomic mass is 32.1. The lowest BCUT2D eigenvalue weighted by atomic mass is 10.1. The summed E-state index contributed by atoms with van der Waals surface area (Å²) in [7, 11) is 1.30. The number of esters is 1. The van der Waals surface area contributed by atoms with E-state index >= 15 is 0 Å². The minimum atomic E-state index is -1.20. The molecule has 0 unspecified atom stereocenters. The zero-order valence-electron chi connectivity index (χ0n) is 12.2. The second-order valence-electron chi connectivity index (χ2n) is 4.92. The quantitative estimate of drug-likeness (QED) is 0.504. The number of hydrogen-bond acceptors (Lipinski definition) is 5. The Labute approximate surface area is 131 Å². The summed E-state index contributed by atoms with van der Waals surface area (Å²) in [6, 6.07) is 0. The molecule has 1 aliphatic rings. The standard InChI is InChI=1S/C15H17NO5S/c1-21-15(20)13-9-5-3-2-4-6-10(9)22-14(13)16-11(17)7-8-12(18)19/h7-8H,2-6H2,1H3,(H,16,17)(H,18,19)/b8-7+. The monoisotopic (exact) mass is 323 g/mol. The number of anilines is 1. The van der Waals surface area contributed by atoms with Gasteiger partial charge >= 0.3 is 11.9 Å². The van der Waals surface area contributed by atoms with Crippen LogP contribution < -0.4 is 5.32 Å². The molecule has 0 bridgehead atoms. The molecule has 0 radical (unpaired) electrons. The number of methoxy groups -OCH3 is 1. The predicted octanol–water partition coefficient (Wildman–Crippen LogP) is 2.38. The first-order chi connectivity index (χ1) is 10.5. The Hall–Kier alpha value is -2.15. The molecular weight excluding hydrogens is 306 g/mol. The summed E-state index contributed by atoms with van der Waals surface area (Å²) in [5, 5.41) is 11.6. The number of aryl methyl sites for hydroxylation is 1. The molecule has 1 amide bonds. The van der Waals surface area contributed by atoms with E-state index in [1.165, 1.54) is 18.4 Å². The van der Waals surface area contributed by atoms with E-state index < -0.39 is 17.8 Å². The fourth-order valence-electron chi connectivity index (χ4n) is 2.45. The molecule has 22 heavy (non-hydrogen) atoms. The summed E-state index contributed by atoms with van der Waals surface area (Å²) in [5.41, 5.74) is 1.35. The third-order valence-electron chi connectivity index (χ3n) is 3.42. The summed E-state index contributed by atoms with van der Waals surface area (Å²) in [5.74, 6) is -2.26. The maximum absolute atomic E-state index is 12.0. The van der Waals surface area contributed by atoms with Gasteiger partial charge in [0, 0.05) is 17.0 Å². The van der Waals surface area contributed by atoms with E-state index in [1.54, 1.807) is 0 Å². The van der Waals surface area contributed by atoms with Crippen LogP contribution in [0.2, 0.25) is 0 Å². The molecule has 118 valence electrons. The average molecular weight is 323 g/mol. The summed E-state index contributed by atoms with van der Waals surface area (Å²) in [4.78, 5) is 35.3. The van der Waals surface area contributed by atoms with Gasteiger partial charge in [-0.2, -0.15) is 0 Å². The van der Waals surface area contributed by atoms with Gasteiger partial charge in [0.2, 0.25) is 5.91 Å². The van der Waals surface area contributed by atoms with Crippen LogP contribution in [-0.4, -0.2) is 30.1 Å². The van der Waals surface area contributed by atoms with Crippen LogP contribution in [0.1, 0.15) is 40.1 Å². The van der Waals surface area contributed by atoms with Gasteiger partial charge in [-0.05, 0) is 31.2 Å². The van der Waals surface area contributed by atoms with E-state index in [0.717, 1.165) is 54.7 Å². The van der Waals surface area contributed by atoms with Gasteiger partial charge in [-0.3, -0.25) is 4.79 Å². The number of fused-ring (bicyclic) bond motifs is 1. The molecule has 0 saturated carbocycles. The normalized spacial score (nSPS) is 14.2.